The molecule has 0 aliphatic carbocycles. The Morgan fingerprint density at radius 1 is 1.43 bits per heavy atom. The lowest BCUT2D eigenvalue weighted by atomic mass is 10.2. The van der Waals surface area contributed by atoms with Crippen molar-refractivity contribution in [1.82, 2.24) is 9.55 Å². The molecule has 0 aliphatic heterocycles. The van der Waals surface area contributed by atoms with Crippen LogP contribution in [-0.2, 0) is 9.84 Å². The van der Waals surface area contributed by atoms with E-state index in [4.69, 9.17) is 5.73 Å². The highest BCUT2D eigenvalue weighted by atomic mass is 32.2. The van der Waals surface area contributed by atoms with Crippen molar-refractivity contribution in [3.63, 3.8) is 0 Å². The van der Waals surface area contributed by atoms with Crippen molar-refractivity contribution in [1.29, 1.82) is 0 Å². The fourth-order valence-corrected chi connectivity index (χ4v) is 4.02. The number of imidazole rings is 1. The number of anilines is 1. The molecule has 0 amide bonds. The number of nitrogen functional groups attached to an aromatic ring is 1. The van der Waals surface area contributed by atoms with E-state index in [1.165, 1.54) is 6.26 Å². The number of hydrogen-bond donors (Lipinski definition) is 1. The van der Waals surface area contributed by atoms with E-state index in [-0.39, 0.29) is 10.9 Å². The molecule has 1 heterocycles. The number of para-hydroxylation sites is 1. The van der Waals surface area contributed by atoms with E-state index in [1.54, 1.807) is 12.1 Å². The molecule has 2 N–H and O–H groups in total. The summed E-state index contributed by atoms with van der Waals surface area (Å²) < 4.78 is 25.6. The van der Waals surface area contributed by atoms with Crippen LogP contribution < -0.4 is 5.73 Å². The number of hydrogen-bond acceptors (Lipinski definition) is 5. The fourth-order valence-electron chi connectivity index (χ4n) is 2.40. The third-order valence-corrected chi connectivity index (χ3v) is 5.50. The Morgan fingerprint density at radius 2 is 2.14 bits per heavy atom. The lowest BCUT2D eigenvalue weighted by Gasteiger charge is -2.15. The fraction of sp³-hybridized carbons (Fsp3) is 0.500. The van der Waals surface area contributed by atoms with E-state index < -0.39 is 9.84 Å². The minimum atomic E-state index is -3.31. The zero-order valence-corrected chi connectivity index (χ0v) is 14.2. The molecule has 2 aromatic rings. The van der Waals surface area contributed by atoms with Gasteiger partial charge in [0.1, 0.15) is 5.52 Å². The normalized spacial score (nSPS) is 13.7. The van der Waals surface area contributed by atoms with E-state index >= 15 is 0 Å². The SMILES string of the molecule is CCSCCC(C)n1c(N)nc2c(S(C)(=O)=O)cccc21. The van der Waals surface area contributed by atoms with E-state index in [9.17, 15) is 8.42 Å². The molecule has 0 aliphatic rings. The van der Waals surface area contributed by atoms with Crippen molar-refractivity contribution in [2.45, 2.75) is 31.2 Å². The maximum absolute atomic E-state index is 11.9. The summed E-state index contributed by atoms with van der Waals surface area (Å²) in [6.45, 7) is 4.22. The molecule has 116 valence electrons. The van der Waals surface area contributed by atoms with Gasteiger partial charge in [-0.1, -0.05) is 13.0 Å². The van der Waals surface area contributed by atoms with Crippen LogP contribution in [0.2, 0.25) is 0 Å². The van der Waals surface area contributed by atoms with Crippen molar-refractivity contribution in [3.8, 4) is 0 Å². The summed E-state index contributed by atoms with van der Waals surface area (Å²) in [5.74, 6) is 2.50. The van der Waals surface area contributed by atoms with Gasteiger partial charge < -0.3 is 10.3 Å². The summed E-state index contributed by atoms with van der Waals surface area (Å²) in [6, 6.07) is 5.37. The number of benzene rings is 1. The van der Waals surface area contributed by atoms with Crippen LogP contribution in [0.25, 0.3) is 11.0 Å². The van der Waals surface area contributed by atoms with Crippen molar-refractivity contribution >= 4 is 38.6 Å². The first kappa shape index (κ1) is 16.2. The molecule has 1 aromatic heterocycles. The summed E-state index contributed by atoms with van der Waals surface area (Å²) in [6.07, 6.45) is 2.16. The number of rotatable bonds is 6. The van der Waals surface area contributed by atoms with Crippen LogP contribution in [0.5, 0.6) is 0 Å². The van der Waals surface area contributed by atoms with Crippen LogP contribution in [0.15, 0.2) is 23.1 Å². The highest BCUT2D eigenvalue weighted by Gasteiger charge is 2.19. The zero-order chi connectivity index (χ0) is 15.6. The van der Waals surface area contributed by atoms with Gasteiger partial charge in [0.25, 0.3) is 0 Å². The first-order valence-corrected chi connectivity index (χ1v) is 9.95. The second-order valence-electron chi connectivity index (χ2n) is 5.07. The molecule has 0 radical (unpaired) electrons. The Hall–Kier alpha value is -1.21. The summed E-state index contributed by atoms with van der Waals surface area (Å²) in [5.41, 5.74) is 7.27. The van der Waals surface area contributed by atoms with Crippen LogP contribution >= 0.6 is 11.8 Å². The molecule has 2 rings (SSSR count). The average Bonchev–Trinajstić information content (AvgIpc) is 2.73. The molecule has 7 heteroatoms. The summed E-state index contributed by atoms with van der Waals surface area (Å²) >= 11 is 1.88. The number of fused-ring (bicyclic) bond motifs is 1. The van der Waals surface area contributed by atoms with Crippen LogP contribution in [0.4, 0.5) is 5.95 Å². The Bertz CT molecular complexity index is 738. The molecule has 1 unspecified atom stereocenters. The predicted molar refractivity (Wildman–Crippen MR) is 89.6 cm³/mol. The van der Waals surface area contributed by atoms with Gasteiger partial charge in [0.15, 0.2) is 9.84 Å². The van der Waals surface area contributed by atoms with Gasteiger partial charge in [-0.2, -0.15) is 11.8 Å². The van der Waals surface area contributed by atoms with Crippen molar-refractivity contribution in [2.24, 2.45) is 0 Å². The second kappa shape index (κ2) is 6.27. The molecule has 0 saturated heterocycles. The minimum Gasteiger partial charge on any atom is -0.369 e. The van der Waals surface area contributed by atoms with E-state index in [0.717, 1.165) is 23.4 Å². The lowest BCUT2D eigenvalue weighted by molar-refractivity contribution is 0.556. The van der Waals surface area contributed by atoms with Crippen LogP contribution in [0.1, 0.15) is 26.3 Å². The van der Waals surface area contributed by atoms with Crippen LogP contribution in [0, 0.1) is 0 Å². The molecular weight excluding hydrogens is 306 g/mol. The van der Waals surface area contributed by atoms with Crippen molar-refractivity contribution < 1.29 is 8.42 Å². The second-order valence-corrected chi connectivity index (χ2v) is 8.45. The maximum atomic E-state index is 11.9. The van der Waals surface area contributed by atoms with E-state index in [2.05, 4.69) is 18.8 Å². The Morgan fingerprint density at radius 3 is 2.76 bits per heavy atom. The molecule has 1 aromatic carbocycles. The lowest BCUT2D eigenvalue weighted by Crippen LogP contribution is -2.09. The zero-order valence-electron chi connectivity index (χ0n) is 12.5. The number of nitrogens with zero attached hydrogens (tertiary/aromatic N) is 2. The van der Waals surface area contributed by atoms with Crippen LogP contribution in [0.3, 0.4) is 0 Å². The van der Waals surface area contributed by atoms with Gasteiger partial charge in [-0.05, 0) is 37.0 Å². The van der Waals surface area contributed by atoms with Gasteiger partial charge in [-0.15, -0.1) is 0 Å². The molecule has 1 atom stereocenters. The molecular formula is C14H21N3O2S2. The Labute approximate surface area is 129 Å². The third-order valence-electron chi connectivity index (χ3n) is 3.43. The highest BCUT2D eigenvalue weighted by molar-refractivity contribution is 7.99. The number of thioether (sulfide) groups is 1. The molecule has 0 fully saturated rings. The number of aromatic nitrogens is 2. The summed E-state index contributed by atoms with van der Waals surface area (Å²) in [5, 5.41) is 0. The highest BCUT2D eigenvalue weighted by Crippen LogP contribution is 2.29. The van der Waals surface area contributed by atoms with Crippen molar-refractivity contribution in [3.05, 3.63) is 18.2 Å². The minimum absolute atomic E-state index is 0.184. The van der Waals surface area contributed by atoms with Gasteiger partial charge >= 0.3 is 0 Å². The van der Waals surface area contributed by atoms with Gasteiger partial charge in [-0.25, -0.2) is 13.4 Å². The summed E-state index contributed by atoms with van der Waals surface area (Å²) in [7, 11) is -3.31. The Kier molecular flexibility index (Phi) is 4.83. The first-order chi connectivity index (χ1) is 9.86. The quantitative estimate of drug-likeness (QED) is 0.825. The third kappa shape index (κ3) is 3.35. The van der Waals surface area contributed by atoms with E-state index in [1.807, 2.05) is 22.4 Å². The Balaban J connectivity index is 2.49. The average molecular weight is 327 g/mol. The predicted octanol–water partition coefficient (Wildman–Crippen LogP) is 2.73. The molecule has 5 nitrogen and oxygen atoms in total. The van der Waals surface area contributed by atoms with Gasteiger partial charge in [0, 0.05) is 12.3 Å². The first-order valence-electron chi connectivity index (χ1n) is 6.90. The largest absolute Gasteiger partial charge is 0.369 e. The topological polar surface area (TPSA) is 78.0 Å². The van der Waals surface area contributed by atoms with E-state index in [0.29, 0.717) is 11.5 Å². The van der Waals surface area contributed by atoms with Crippen LogP contribution in [-0.4, -0.2) is 35.7 Å². The van der Waals surface area contributed by atoms with Crippen molar-refractivity contribution in [2.75, 3.05) is 23.5 Å². The standard InChI is InChI=1S/C14H21N3O2S2/c1-4-20-9-8-10(2)17-11-6-5-7-12(21(3,18)19)13(11)16-14(17)15/h5-7,10H,4,8-9H2,1-3H3,(H2,15,16). The smallest absolute Gasteiger partial charge is 0.201 e. The van der Waals surface area contributed by atoms with Gasteiger partial charge in [0.05, 0.1) is 10.4 Å². The van der Waals surface area contributed by atoms with Gasteiger partial charge in [-0.3, -0.25) is 0 Å². The maximum Gasteiger partial charge on any atom is 0.201 e. The molecule has 0 spiro atoms. The monoisotopic (exact) mass is 327 g/mol. The number of sulfone groups is 1. The summed E-state index contributed by atoms with van der Waals surface area (Å²) in [4.78, 5) is 4.52. The molecule has 21 heavy (non-hydrogen) atoms. The number of nitrogens with two attached hydrogens (primary N) is 1. The molecule has 0 saturated carbocycles. The van der Waals surface area contributed by atoms with Gasteiger partial charge in [0.2, 0.25) is 5.95 Å². The molecule has 0 bridgehead atoms.